The maximum absolute atomic E-state index is 12.6. The first-order chi connectivity index (χ1) is 9.90. The molecular formula is C17H27ClN2OS. The van der Waals surface area contributed by atoms with Gasteiger partial charge in [-0.2, -0.15) is 0 Å². The molecule has 0 saturated carbocycles. The van der Waals surface area contributed by atoms with Gasteiger partial charge < -0.3 is 10.6 Å². The molecule has 1 aliphatic heterocycles. The highest BCUT2D eigenvalue weighted by Crippen LogP contribution is 2.29. The number of rotatable bonds is 4. The number of likely N-dealkylation sites (tertiary alicyclic amines) is 1. The molecule has 3 nitrogen and oxygen atoms in total. The van der Waals surface area contributed by atoms with Crippen LogP contribution in [0.3, 0.4) is 0 Å². The zero-order valence-corrected chi connectivity index (χ0v) is 15.3. The highest BCUT2D eigenvalue weighted by atomic mass is 35.5. The van der Waals surface area contributed by atoms with Crippen LogP contribution in [0.15, 0.2) is 35.2 Å². The van der Waals surface area contributed by atoms with Crippen LogP contribution in [0.2, 0.25) is 0 Å². The van der Waals surface area contributed by atoms with Crippen molar-refractivity contribution in [3.63, 3.8) is 0 Å². The zero-order valence-electron chi connectivity index (χ0n) is 13.6. The second-order valence-corrected chi connectivity index (χ2v) is 7.76. The first kappa shape index (κ1) is 19.3. The smallest absolute Gasteiger partial charge is 0.226 e. The Hall–Kier alpha value is -0.710. The molecule has 2 unspecified atom stereocenters. The van der Waals surface area contributed by atoms with Crippen molar-refractivity contribution in [2.24, 2.45) is 17.1 Å². The van der Waals surface area contributed by atoms with E-state index in [1.807, 2.05) is 30.0 Å². The lowest BCUT2D eigenvalue weighted by Gasteiger charge is -2.43. The Kier molecular flexibility index (Phi) is 7.23. The fourth-order valence-electron chi connectivity index (χ4n) is 2.68. The minimum Gasteiger partial charge on any atom is -0.342 e. The number of carbonyl (C=O) groups excluding carboxylic acids is 1. The van der Waals surface area contributed by atoms with Gasteiger partial charge in [-0.05, 0) is 24.0 Å². The third-order valence-electron chi connectivity index (χ3n) is 4.29. The number of carbonyl (C=O) groups is 1. The molecular weight excluding hydrogens is 316 g/mol. The quantitative estimate of drug-likeness (QED) is 0.853. The summed E-state index contributed by atoms with van der Waals surface area (Å²) in [6.45, 7) is 7.90. The first-order valence-electron chi connectivity index (χ1n) is 7.62. The number of halogens is 1. The molecule has 1 heterocycles. The van der Waals surface area contributed by atoms with E-state index in [0.717, 1.165) is 25.3 Å². The number of benzene rings is 1. The Morgan fingerprint density at radius 2 is 2.05 bits per heavy atom. The Morgan fingerprint density at radius 3 is 2.64 bits per heavy atom. The fourth-order valence-corrected chi connectivity index (χ4v) is 3.62. The van der Waals surface area contributed by atoms with Gasteiger partial charge in [-0.25, -0.2) is 0 Å². The summed E-state index contributed by atoms with van der Waals surface area (Å²) < 4.78 is 0. The lowest BCUT2D eigenvalue weighted by molar-refractivity contribution is -0.137. The maximum atomic E-state index is 12.6. The molecule has 1 aromatic rings. The van der Waals surface area contributed by atoms with E-state index in [9.17, 15) is 4.79 Å². The van der Waals surface area contributed by atoms with Crippen LogP contribution in [-0.4, -0.2) is 35.7 Å². The van der Waals surface area contributed by atoms with Crippen molar-refractivity contribution in [1.29, 1.82) is 0 Å². The maximum Gasteiger partial charge on any atom is 0.226 e. The van der Waals surface area contributed by atoms with Gasteiger partial charge in [0.25, 0.3) is 0 Å². The number of nitrogens with zero attached hydrogens (tertiary/aromatic N) is 1. The molecule has 2 rings (SSSR count). The van der Waals surface area contributed by atoms with Crippen molar-refractivity contribution in [1.82, 2.24) is 4.90 Å². The minimum absolute atomic E-state index is 0. The van der Waals surface area contributed by atoms with Crippen molar-refractivity contribution in [3.05, 3.63) is 30.3 Å². The van der Waals surface area contributed by atoms with Gasteiger partial charge in [-0.3, -0.25) is 4.79 Å². The molecule has 124 valence electrons. The molecule has 5 heteroatoms. The molecule has 0 aliphatic carbocycles. The summed E-state index contributed by atoms with van der Waals surface area (Å²) in [5.74, 6) is 1.13. The summed E-state index contributed by atoms with van der Waals surface area (Å²) in [7, 11) is 0. The Bertz CT molecular complexity index is 481. The van der Waals surface area contributed by atoms with Gasteiger partial charge in [0.15, 0.2) is 0 Å². The molecule has 1 fully saturated rings. The molecule has 1 aliphatic rings. The van der Waals surface area contributed by atoms with E-state index in [4.69, 9.17) is 5.73 Å². The second kappa shape index (κ2) is 8.23. The van der Waals surface area contributed by atoms with Crippen LogP contribution < -0.4 is 5.73 Å². The van der Waals surface area contributed by atoms with Crippen LogP contribution in [0.4, 0.5) is 0 Å². The second-order valence-electron chi connectivity index (χ2n) is 6.67. The molecule has 0 aromatic heterocycles. The molecule has 2 atom stereocenters. The number of hydrogen-bond acceptors (Lipinski definition) is 3. The lowest BCUT2D eigenvalue weighted by atomic mass is 9.79. The molecule has 2 N–H and O–H groups in total. The van der Waals surface area contributed by atoms with Gasteiger partial charge in [0.2, 0.25) is 5.91 Å². The highest BCUT2D eigenvalue weighted by molar-refractivity contribution is 7.99. The average molecular weight is 343 g/mol. The predicted octanol–water partition coefficient (Wildman–Crippen LogP) is 3.42. The van der Waals surface area contributed by atoms with E-state index in [0.29, 0.717) is 0 Å². The van der Waals surface area contributed by atoms with E-state index in [1.54, 1.807) is 11.8 Å². The Balaban J connectivity index is 0.00000242. The van der Waals surface area contributed by atoms with Crippen LogP contribution >= 0.6 is 24.2 Å². The highest BCUT2D eigenvalue weighted by Gasteiger charge is 2.36. The average Bonchev–Trinajstić information content (AvgIpc) is 2.48. The molecule has 1 saturated heterocycles. The number of hydrogen-bond donors (Lipinski definition) is 1. The topological polar surface area (TPSA) is 46.3 Å². The third kappa shape index (κ3) is 4.90. The molecule has 0 radical (unpaired) electrons. The molecule has 0 bridgehead atoms. The Labute approximate surface area is 144 Å². The summed E-state index contributed by atoms with van der Waals surface area (Å²) in [4.78, 5) is 15.8. The number of amides is 1. The molecule has 1 aromatic carbocycles. The van der Waals surface area contributed by atoms with Crippen molar-refractivity contribution >= 4 is 30.1 Å². The Morgan fingerprint density at radius 1 is 1.41 bits per heavy atom. The monoisotopic (exact) mass is 342 g/mol. The summed E-state index contributed by atoms with van der Waals surface area (Å²) in [5, 5.41) is 0. The lowest BCUT2D eigenvalue weighted by Crippen LogP contribution is -2.55. The molecule has 22 heavy (non-hydrogen) atoms. The summed E-state index contributed by atoms with van der Waals surface area (Å²) in [6, 6.07) is 10.4. The normalized spacial score (nSPS) is 21.8. The van der Waals surface area contributed by atoms with Crippen molar-refractivity contribution < 1.29 is 4.79 Å². The fraction of sp³-hybridized carbons (Fsp3) is 0.588. The standard InChI is InChI=1S/C17H26N2OS.ClH/c1-13(11-21-14-7-5-4-6-8-14)16(20)19-10-9-15(18)17(2,3)12-19;/h4-8,13,15H,9-12,18H2,1-3H3;1H. The van der Waals surface area contributed by atoms with Gasteiger partial charge in [0, 0.05) is 35.7 Å². The van der Waals surface area contributed by atoms with Gasteiger partial charge in [0.1, 0.15) is 0 Å². The zero-order chi connectivity index (χ0) is 15.5. The van der Waals surface area contributed by atoms with E-state index in [2.05, 4.69) is 26.0 Å². The summed E-state index contributed by atoms with van der Waals surface area (Å²) >= 11 is 1.75. The molecule has 0 spiro atoms. The van der Waals surface area contributed by atoms with Gasteiger partial charge >= 0.3 is 0 Å². The van der Waals surface area contributed by atoms with Crippen molar-refractivity contribution in [3.8, 4) is 0 Å². The molecule has 1 amide bonds. The number of thioether (sulfide) groups is 1. The van der Waals surface area contributed by atoms with Crippen molar-refractivity contribution in [2.45, 2.75) is 38.1 Å². The predicted molar refractivity (Wildman–Crippen MR) is 96.5 cm³/mol. The van der Waals surface area contributed by atoms with Crippen LogP contribution in [-0.2, 0) is 4.79 Å². The first-order valence-corrected chi connectivity index (χ1v) is 8.61. The largest absolute Gasteiger partial charge is 0.342 e. The van der Waals surface area contributed by atoms with Crippen molar-refractivity contribution in [2.75, 3.05) is 18.8 Å². The van der Waals surface area contributed by atoms with Crippen LogP contribution in [0.1, 0.15) is 27.2 Å². The van der Waals surface area contributed by atoms with Crippen LogP contribution in [0.25, 0.3) is 0 Å². The third-order valence-corrected chi connectivity index (χ3v) is 5.56. The SMILES string of the molecule is CC(CSc1ccccc1)C(=O)N1CCC(N)C(C)(C)C1.Cl. The number of piperidine rings is 1. The minimum atomic E-state index is 0. The summed E-state index contributed by atoms with van der Waals surface area (Å²) in [5.41, 5.74) is 6.16. The number of nitrogens with two attached hydrogens (primary N) is 1. The van der Waals surface area contributed by atoms with E-state index < -0.39 is 0 Å². The van der Waals surface area contributed by atoms with Gasteiger partial charge in [-0.15, -0.1) is 24.2 Å². The van der Waals surface area contributed by atoms with Crippen LogP contribution in [0.5, 0.6) is 0 Å². The van der Waals surface area contributed by atoms with Gasteiger partial charge in [0.05, 0.1) is 0 Å². The summed E-state index contributed by atoms with van der Waals surface area (Å²) in [6.07, 6.45) is 0.900. The van der Waals surface area contributed by atoms with Crippen LogP contribution in [0, 0.1) is 11.3 Å². The van der Waals surface area contributed by atoms with Gasteiger partial charge in [-0.1, -0.05) is 39.0 Å². The van der Waals surface area contributed by atoms with E-state index in [1.165, 1.54) is 4.90 Å². The van der Waals surface area contributed by atoms with E-state index >= 15 is 0 Å². The van der Waals surface area contributed by atoms with E-state index in [-0.39, 0.29) is 35.7 Å².